The number of ether oxygens (including phenoxy) is 1. The minimum Gasteiger partial charge on any atom is -0.379 e. The summed E-state index contributed by atoms with van der Waals surface area (Å²) in [5.74, 6) is 1.31. The summed E-state index contributed by atoms with van der Waals surface area (Å²) in [5, 5.41) is 15.5. The van der Waals surface area contributed by atoms with Gasteiger partial charge in [-0.1, -0.05) is 6.07 Å². The van der Waals surface area contributed by atoms with Gasteiger partial charge < -0.3 is 15.4 Å². The van der Waals surface area contributed by atoms with Gasteiger partial charge in [0.05, 0.1) is 24.8 Å². The van der Waals surface area contributed by atoms with Gasteiger partial charge >= 0.3 is 0 Å². The van der Waals surface area contributed by atoms with Crippen molar-refractivity contribution >= 4 is 17.5 Å². The van der Waals surface area contributed by atoms with Crippen LogP contribution >= 0.6 is 0 Å². The Hall–Kier alpha value is -2.69. The Morgan fingerprint density at radius 2 is 2.08 bits per heavy atom. The van der Waals surface area contributed by atoms with Gasteiger partial charge in [0.2, 0.25) is 5.95 Å². The molecule has 0 amide bonds. The molecule has 7 heteroatoms. The second-order valence-corrected chi connectivity index (χ2v) is 5.92. The van der Waals surface area contributed by atoms with Crippen LogP contribution in [0.15, 0.2) is 30.3 Å². The molecule has 0 bridgehead atoms. The van der Waals surface area contributed by atoms with Crippen molar-refractivity contribution in [2.45, 2.75) is 6.92 Å². The third-order valence-electron chi connectivity index (χ3n) is 3.93. The first kappa shape index (κ1) is 17.1. The quantitative estimate of drug-likeness (QED) is 0.834. The lowest BCUT2D eigenvalue weighted by molar-refractivity contribution is 0.0398. The highest BCUT2D eigenvalue weighted by Gasteiger charge is 2.10. The number of benzene rings is 1. The van der Waals surface area contributed by atoms with Gasteiger partial charge in [0, 0.05) is 43.6 Å². The zero-order valence-electron chi connectivity index (χ0n) is 14.3. The summed E-state index contributed by atoms with van der Waals surface area (Å²) in [6.07, 6.45) is 0. The van der Waals surface area contributed by atoms with E-state index in [1.807, 2.05) is 25.1 Å². The summed E-state index contributed by atoms with van der Waals surface area (Å²) < 4.78 is 5.35. The van der Waals surface area contributed by atoms with Gasteiger partial charge in [-0.25, -0.2) is 4.98 Å². The Kier molecular flexibility index (Phi) is 5.77. The van der Waals surface area contributed by atoms with E-state index in [1.54, 1.807) is 12.1 Å². The standard InChI is InChI=1S/C18H22N6O/c1-14-11-17(22-16-4-2-3-15(12-16)13-19)23-18(21-14)20-5-6-24-7-9-25-10-8-24/h2-4,11-12H,5-10H2,1H3,(H2,20,21,22,23). The van der Waals surface area contributed by atoms with E-state index < -0.39 is 0 Å². The van der Waals surface area contributed by atoms with E-state index in [0.717, 1.165) is 50.8 Å². The van der Waals surface area contributed by atoms with Crippen molar-refractivity contribution in [1.29, 1.82) is 5.26 Å². The van der Waals surface area contributed by atoms with E-state index in [0.29, 0.717) is 17.3 Å². The van der Waals surface area contributed by atoms with Crippen LogP contribution in [0.5, 0.6) is 0 Å². The SMILES string of the molecule is Cc1cc(Nc2cccc(C#N)c2)nc(NCCN2CCOCC2)n1. The van der Waals surface area contributed by atoms with Crippen LogP contribution in [0.25, 0.3) is 0 Å². The van der Waals surface area contributed by atoms with E-state index in [1.165, 1.54) is 0 Å². The maximum atomic E-state index is 9.00. The van der Waals surface area contributed by atoms with Crippen LogP contribution in [0.4, 0.5) is 17.5 Å². The molecule has 2 aromatic rings. The highest BCUT2D eigenvalue weighted by Crippen LogP contribution is 2.17. The topological polar surface area (TPSA) is 86.1 Å². The number of rotatable bonds is 6. The number of anilines is 3. The summed E-state index contributed by atoms with van der Waals surface area (Å²) in [7, 11) is 0. The Bertz CT molecular complexity index is 751. The second kappa shape index (κ2) is 8.42. The molecular formula is C18H22N6O. The lowest BCUT2D eigenvalue weighted by Gasteiger charge is -2.26. The Labute approximate surface area is 147 Å². The van der Waals surface area contributed by atoms with E-state index in [4.69, 9.17) is 10.00 Å². The summed E-state index contributed by atoms with van der Waals surface area (Å²) >= 11 is 0. The largest absolute Gasteiger partial charge is 0.379 e. The fraction of sp³-hybridized carbons (Fsp3) is 0.389. The smallest absolute Gasteiger partial charge is 0.224 e. The molecule has 0 aliphatic carbocycles. The first-order valence-corrected chi connectivity index (χ1v) is 8.40. The van der Waals surface area contributed by atoms with E-state index >= 15 is 0 Å². The number of hydrogen-bond donors (Lipinski definition) is 2. The minimum absolute atomic E-state index is 0.604. The highest BCUT2D eigenvalue weighted by atomic mass is 16.5. The molecule has 130 valence electrons. The maximum absolute atomic E-state index is 9.00. The van der Waals surface area contributed by atoms with E-state index in [9.17, 15) is 0 Å². The number of nitrogens with zero attached hydrogens (tertiary/aromatic N) is 4. The van der Waals surface area contributed by atoms with Crippen LogP contribution < -0.4 is 10.6 Å². The predicted molar refractivity (Wildman–Crippen MR) is 97.0 cm³/mol. The maximum Gasteiger partial charge on any atom is 0.224 e. The zero-order valence-corrected chi connectivity index (χ0v) is 14.3. The molecule has 1 fully saturated rings. The molecule has 0 saturated carbocycles. The van der Waals surface area contributed by atoms with Crippen molar-refractivity contribution in [2.24, 2.45) is 0 Å². The predicted octanol–water partition coefficient (Wildman–Crippen LogP) is 2.14. The first-order valence-electron chi connectivity index (χ1n) is 8.40. The first-order chi connectivity index (χ1) is 12.2. The number of nitriles is 1. The molecular weight excluding hydrogens is 316 g/mol. The molecule has 2 N–H and O–H groups in total. The van der Waals surface area contributed by atoms with Gasteiger partial charge in [-0.2, -0.15) is 10.2 Å². The monoisotopic (exact) mass is 338 g/mol. The third-order valence-corrected chi connectivity index (χ3v) is 3.93. The van der Waals surface area contributed by atoms with Crippen LogP contribution in [-0.4, -0.2) is 54.3 Å². The molecule has 0 unspecified atom stereocenters. The van der Waals surface area contributed by atoms with Crippen molar-refractivity contribution in [3.05, 3.63) is 41.6 Å². The van der Waals surface area contributed by atoms with E-state index in [2.05, 4.69) is 31.6 Å². The van der Waals surface area contributed by atoms with Gasteiger partial charge in [0.15, 0.2) is 0 Å². The number of hydrogen-bond acceptors (Lipinski definition) is 7. The second-order valence-electron chi connectivity index (χ2n) is 5.92. The molecule has 1 aromatic carbocycles. The number of morpholine rings is 1. The van der Waals surface area contributed by atoms with Crippen LogP contribution in [0.2, 0.25) is 0 Å². The normalized spacial score (nSPS) is 14.7. The van der Waals surface area contributed by atoms with Crippen LogP contribution in [0, 0.1) is 18.3 Å². The summed E-state index contributed by atoms with van der Waals surface area (Å²) in [6, 6.07) is 11.3. The highest BCUT2D eigenvalue weighted by molar-refractivity contribution is 5.59. The van der Waals surface area contributed by atoms with Gasteiger partial charge in [-0.15, -0.1) is 0 Å². The Morgan fingerprint density at radius 3 is 2.88 bits per heavy atom. The minimum atomic E-state index is 0.604. The van der Waals surface area contributed by atoms with Crippen molar-refractivity contribution < 1.29 is 4.74 Å². The number of aryl methyl sites for hydroxylation is 1. The van der Waals surface area contributed by atoms with Crippen molar-refractivity contribution in [3.63, 3.8) is 0 Å². The molecule has 0 spiro atoms. The fourth-order valence-electron chi connectivity index (χ4n) is 2.68. The van der Waals surface area contributed by atoms with Gasteiger partial charge in [-0.3, -0.25) is 4.90 Å². The van der Waals surface area contributed by atoms with Gasteiger partial charge in [0.1, 0.15) is 5.82 Å². The molecule has 25 heavy (non-hydrogen) atoms. The van der Waals surface area contributed by atoms with Crippen LogP contribution in [0.1, 0.15) is 11.3 Å². The van der Waals surface area contributed by atoms with Crippen LogP contribution in [-0.2, 0) is 4.74 Å². The fourth-order valence-corrected chi connectivity index (χ4v) is 2.68. The molecule has 7 nitrogen and oxygen atoms in total. The molecule has 1 aliphatic heterocycles. The molecule has 1 aliphatic rings. The number of nitrogens with one attached hydrogen (secondary N) is 2. The average Bonchev–Trinajstić information content (AvgIpc) is 2.62. The van der Waals surface area contributed by atoms with E-state index in [-0.39, 0.29) is 0 Å². The lowest BCUT2D eigenvalue weighted by Crippen LogP contribution is -2.39. The summed E-state index contributed by atoms with van der Waals surface area (Å²) in [5.41, 5.74) is 2.32. The number of aromatic nitrogens is 2. The Morgan fingerprint density at radius 1 is 1.24 bits per heavy atom. The third kappa shape index (κ3) is 5.14. The zero-order chi connectivity index (χ0) is 17.5. The summed E-state index contributed by atoms with van der Waals surface area (Å²) in [4.78, 5) is 11.3. The molecule has 0 atom stereocenters. The van der Waals surface area contributed by atoms with Crippen molar-refractivity contribution in [3.8, 4) is 6.07 Å². The molecule has 0 radical (unpaired) electrons. The molecule has 3 rings (SSSR count). The Balaban J connectivity index is 1.60. The molecule has 2 heterocycles. The summed E-state index contributed by atoms with van der Waals surface area (Å²) in [6.45, 7) is 7.20. The molecule has 1 saturated heterocycles. The van der Waals surface area contributed by atoms with Crippen LogP contribution in [0.3, 0.4) is 0 Å². The average molecular weight is 338 g/mol. The van der Waals surface area contributed by atoms with Crippen molar-refractivity contribution in [1.82, 2.24) is 14.9 Å². The van der Waals surface area contributed by atoms with Gasteiger partial charge in [0.25, 0.3) is 0 Å². The van der Waals surface area contributed by atoms with Crippen molar-refractivity contribution in [2.75, 3.05) is 50.0 Å². The molecule has 1 aromatic heterocycles. The lowest BCUT2D eigenvalue weighted by atomic mass is 10.2. The van der Waals surface area contributed by atoms with Gasteiger partial charge in [-0.05, 0) is 25.1 Å².